The van der Waals surface area contributed by atoms with Crippen molar-refractivity contribution in [1.82, 2.24) is 5.32 Å². The molecule has 1 aromatic carbocycles. The van der Waals surface area contributed by atoms with Gasteiger partial charge < -0.3 is 10.6 Å². The standard InChI is InChI=1S/C13H19FN2/c1-9-7-13(8-10(2)15-9)16-12-5-3-11(14)4-6-12/h3-6,9-10,13,15-16H,7-8H2,1-2H3. The smallest absolute Gasteiger partial charge is 0.123 e. The lowest BCUT2D eigenvalue weighted by Gasteiger charge is -2.34. The number of hydrogen-bond acceptors (Lipinski definition) is 2. The number of halogens is 1. The maximum Gasteiger partial charge on any atom is 0.123 e. The fourth-order valence-corrected chi connectivity index (χ4v) is 2.47. The lowest BCUT2D eigenvalue weighted by Crippen LogP contribution is -2.46. The van der Waals surface area contributed by atoms with Crippen LogP contribution in [-0.2, 0) is 0 Å². The van der Waals surface area contributed by atoms with Gasteiger partial charge in [0.1, 0.15) is 5.82 Å². The second kappa shape index (κ2) is 4.83. The van der Waals surface area contributed by atoms with Crippen LogP contribution >= 0.6 is 0 Å². The van der Waals surface area contributed by atoms with Gasteiger partial charge in [0.05, 0.1) is 0 Å². The van der Waals surface area contributed by atoms with Crippen molar-refractivity contribution in [3.8, 4) is 0 Å². The van der Waals surface area contributed by atoms with Gasteiger partial charge in [0.15, 0.2) is 0 Å². The van der Waals surface area contributed by atoms with Crippen LogP contribution < -0.4 is 10.6 Å². The van der Waals surface area contributed by atoms with E-state index < -0.39 is 0 Å². The predicted molar refractivity (Wildman–Crippen MR) is 65.1 cm³/mol. The summed E-state index contributed by atoms with van der Waals surface area (Å²) in [6, 6.07) is 8.16. The monoisotopic (exact) mass is 222 g/mol. The van der Waals surface area contributed by atoms with Crippen LogP contribution in [0.25, 0.3) is 0 Å². The molecule has 2 rings (SSSR count). The molecule has 0 bridgehead atoms. The minimum atomic E-state index is -0.183. The van der Waals surface area contributed by atoms with Gasteiger partial charge in [-0.3, -0.25) is 0 Å². The Labute approximate surface area is 96.2 Å². The molecule has 1 heterocycles. The van der Waals surface area contributed by atoms with Crippen molar-refractivity contribution in [2.45, 2.75) is 44.8 Å². The Morgan fingerprint density at radius 2 is 1.69 bits per heavy atom. The summed E-state index contributed by atoms with van der Waals surface area (Å²) in [5.41, 5.74) is 1.01. The maximum absolute atomic E-state index is 12.8. The number of rotatable bonds is 2. The molecule has 1 aromatic rings. The zero-order valence-electron chi connectivity index (χ0n) is 9.83. The Morgan fingerprint density at radius 1 is 1.12 bits per heavy atom. The predicted octanol–water partition coefficient (Wildman–Crippen LogP) is 2.77. The lowest BCUT2D eigenvalue weighted by molar-refractivity contribution is 0.330. The molecule has 1 aliphatic heterocycles. The van der Waals surface area contributed by atoms with Gasteiger partial charge in [-0.15, -0.1) is 0 Å². The SMILES string of the molecule is CC1CC(Nc2ccc(F)cc2)CC(C)N1. The van der Waals surface area contributed by atoms with Gasteiger partial charge in [-0.2, -0.15) is 0 Å². The lowest BCUT2D eigenvalue weighted by atomic mass is 9.95. The number of anilines is 1. The summed E-state index contributed by atoms with van der Waals surface area (Å²) in [6.07, 6.45) is 2.23. The van der Waals surface area contributed by atoms with Gasteiger partial charge in [-0.1, -0.05) is 0 Å². The average Bonchev–Trinajstić information content (AvgIpc) is 2.20. The molecule has 0 spiro atoms. The van der Waals surface area contributed by atoms with E-state index in [1.807, 2.05) is 0 Å². The van der Waals surface area contributed by atoms with Crippen LogP contribution in [0.4, 0.5) is 10.1 Å². The summed E-state index contributed by atoms with van der Waals surface area (Å²) in [7, 11) is 0. The van der Waals surface area contributed by atoms with Crippen molar-refractivity contribution in [2.75, 3.05) is 5.32 Å². The molecule has 1 aliphatic rings. The molecule has 0 saturated carbocycles. The molecule has 1 fully saturated rings. The highest BCUT2D eigenvalue weighted by Crippen LogP contribution is 2.18. The second-order valence-corrected chi connectivity index (χ2v) is 4.79. The molecule has 2 nitrogen and oxygen atoms in total. The molecular weight excluding hydrogens is 203 g/mol. The Morgan fingerprint density at radius 3 is 2.25 bits per heavy atom. The van der Waals surface area contributed by atoms with E-state index in [2.05, 4.69) is 24.5 Å². The second-order valence-electron chi connectivity index (χ2n) is 4.79. The fraction of sp³-hybridized carbons (Fsp3) is 0.538. The molecule has 3 heteroatoms. The van der Waals surface area contributed by atoms with Gasteiger partial charge in [0.25, 0.3) is 0 Å². The molecule has 0 radical (unpaired) electrons. The van der Waals surface area contributed by atoms with E-state index >= 15 is 0 Å². The first-order chi connectivity index (χ1) is 7.63. The molecule has 2 N–H and O–H groups in total. The number of nitrogens with one attached hydrogen (secondary N) is 2. The maximum atomic E-state index is 12.8. The summed E-state index contributed by atoms with van der Waals surface area (Å²) in [6.45, 7) is 4.41. The molecule has 16 heavy (non-hydrogen) atoms. The summed E-state index contributed by atoms with van der Waals surface area (Å²) >= 11 is 0. The van der Waals surface area contributed by atoms with Gasteiger partial charge in [-0.05, 0) is 51.0 Å². The van der Waals surface area contributed by atoms with Crippen LogP contribution in [0.3, 0.4) is 0 Å². The molecule has 0 aromatic heterocycles. The highest BCUT2D eigenvalue weighted by molar-refractivity contribution is 5.43. The third kappa shape index (κ3) is 2.95. The summed E-state index contributed by atoms with van der Waals surface area (Å²) < 4.78 is 12.8. The molecule has 2 atom stereocenters. The highest BCUT2D eigenvalue weighted by Gasteiger charge is 2.22. The highest BCUT2D eigenvalue weighted by atomic mass is 19.1. The van der Waals surface area contributed by atoms with Crippen LogP contribution in [-0.4, -0.2) is 18.1 Å². The summed E-state index contributed by atoms with van der Waals surface area (Å²) in [5, 5.41) is 6.97. The molecule has 0 amide bonds. The minimum Gasteiger partial charge on any atom is -0.382 e. The number of benzene rings is 1. The van der Waals surface area contributed by atoms with E-state index in [9.17, 15) is 4.39 Å². The van der Waals surface area contributed by atoms with Crippen molar-refractivity contribution in [3.05, 3.63) is 30.1 Å². The Hall–Kier alpha value is -1.09. The van der Waals surface area contributed by atoms with Crippen molar-refractivity contribution in [3.63, 3.8) is 0 Å². The first-order valence-electron chi connectivity index (χ1n) is 5.91. The normalized spacial score (nSPS) is 30.1. The van der Waals surface area contributed by atoms with Gasteiger partial charge in [0.2, 0.25) is 0 Å². The van der Waals surface area contributed by atoms with Gasteiger partial charge in [0, 0.05) is 23.8 Å². The molecular formula is C13H19FN2. The zero-order valence-corrected chi connectivity index (χ0v) is 9.83. The van der Waals surface area contributed by atoms with E-state index in [1.54, 1.807) is 12.1 Å². The van der Waals surface area contributed by atoms with Gasteiger partial charge >= 0.3 is 0 Å². The van der Waals surface area contributed by atoms with E-state index in [4.69, 9.17) is 0 Å². The van der Waals surface area contributed by atoms with Crippen LogP contribution in [0.5, 0.6) is 0 Å². The molecule has 0 aliphatic carbocycles. The van der Waals surface area contributed by atoms with E-state index in [0.29, 0.717) is 18.1 Å². The van der Waals surface area contributed by atoms with Crippen molar-refractivity contribution in [2.24, 2.45) is 0 Å². The van der Waals surface area contributed by atoms with E-state index in [1.165, 1.54) is 12.1 Å². The fourth-order valence-electron chi connectivity index (χ4n) is 2.47. The van der Waals surface area contributed by atoms with Crippen molar-refractivity contribution >= 4 is 5.69 Å². The zero-order chi connectivity index (χ0) is 11.5. The Kier molecular flexibility index (Phi) is 3.44. The third-order valence-electron chi connectivity index (χ3n) is 3.06. The summed E-state index contributed by atoms with van der Waals surface area (Å²) in [5.74, 6) is -0.183. The van der Waals surface area contributed by atoms with Crippen LogP contribution in [0, 0.1) is 5.82 Å². The first kappa shape index (κ1) is 11.4. The van der Waals surface area contributed by atoms with Crippen molar-refractivity contribution in [1.29, 1.82) is 0 Å². The van der Waals surface area contributed by atoms with E-state index in [0.717, 1.165) is 18.5 Å². The first-order valence-corrected chi connectivity index (χ1v) is 5.91. The Bertz CT molecular complexity index is 326. The minimum absolute atomic E-state index is 0.183. The quantitative estimate of drug-likeness (QED) is 0.804. The number of hydrogen-bond donors (Lipinski definition) is 2. The average molecular weight is 222 g/mol. The number of piperidine rings is 1. The molecule has 1 saturated heterocycles. The molecule has 88 valence electrons. The van der Waals surface area contributed by atoms with Crippen LogP contribution in [0.15, 0.2) is 24.3 Å². The Balaban J connectivity index is 1.96. The van der Waals surface area contributed by atoms with Gasteiger partial charge in [-0.25, -0.2) is 4.39 Å². The third-order valence-corrected chi connectivity index (χ3v) is 3.06. The summed E-state index contributed by atoms with van der Waals surface area (Å²) in [4.78, 5) is 0. The van der Waals surface area contributed by atoms with Crippen molar-refractivity contribution < 1.29 is 4.39 Å². The topological polar surface area (TPSA) is 24.1 Å². The van der Waals surface area contributed by atoms with Crippen LogP contribution in [0.2, 0.25) is 0 Å². The van der Waals surface area contributed by atoms with Crippen LogP contribution in [0.1, 0.15) is 26.7 Å². The molecule has 2 unspecified atom stereocenters. The largest absolute Gasteiger partial charge is 0.382 e. The van der Waals surface area contributed by atoms with E-state index in [-0.39, 0.29) is 5.82 Å².